The molecule has 0 rings (SSSR count). The Balaban J connectivity index is 3.52. The third kappa shape index (κ3) is 37.6. The van der Waals surface area contributed by atoms with E-state index in [9.17, 15) is 0 Å². The van der Waals surface area contributed by atoms with Gasteiger partial charge in [0.2, 0.25) is 0 Å². The van der Waals surface area contributed by atoms with Gasteiger partial charge in [-0.2, -0.15) is 0 Å². The third-order valence-electron chi connectivity index (χ3n) is 8.85. The molecule has 262 valence electrons. The Kier molecular flexibility index (Phi) is 38.1. The molecule has 1 unspecified atom stereocenters. The zero-order chi connectivity index (χ0) is 32.0. The van der Waals surface area contributed by atoms with E-state index in [-0.39, 0.29) is 6.10 Å². The van der Waals surface area contributed by atoms with Crippen molar-refractivity contribution in [1.29, 1.82) is 0 Å². The van der Waals surface area contributed by atoms with E-state index in [4.69, 9.17) is 9.47 Å². The lowest BCUT2D eigenvalue weighted by Crippen LogP contribution is -2.23. The smallest absolute Gasteiger partial charge is 0.0810 e. The SMILES string of the molecule is CCCCCCCC/C=C\CCCCCCCCOCC(CC(C)C)OCCCCCCCC/C=C\CCCCCCCC. The second kappa shape index (κ2) is 38.6. The van der Waals surface area contributed by atoms with Gasteiger partial charge in [-0.3, -0.25) is 0 Å². The quantitative estimate of drug-likeness (QED) is 0.0509. The maximum absolute atomic E-state index is 6.27. The van der Waals surface area contributed by atoms with E-state index in [1.807, 2.05) is 0 Å². The Labute approximate surface area is 279 Å². The lowest BCUT2D eigenvalue weighted by molar-refractivity contribution is -0.0278. The molecule has 0 heterocycles. The van der Waals surface area contributed by atoms with Gasteiger partial charge in [-0.25, -0.2) is 0 Å². The molecule has 0 N–H and O–H groups in total. The minimum absolute atomic E-state index is 0.271. The molecule has 0 aromatic rings. The van der Waals surface area contributed by atoms with Crippen molar-refractivity contribution in [1.82, 2.24) is 0 Å². The van der Waals surface area contributed by atoms with Gasteiger partial charge in [0.25, 0.3) is 0 Å². The standard InChI is InChI=1S/C42H82O2/c1-5-7-9-11-13-15-17-19-21-23-25-27-29-31-33-35-37-43-40-42(39-41(3)4)44-38-36-34-32-30-28-26-24-22-20-18-16-14-12-10-8-6-2/h19-22,41-42H,5-18,23-40H2,1-4H3/b21-19-,22-20-. The van der Waals surface area contributed by atoms with Crippen molar-refractivity contribution >= 4 is 0 Å². The molecular weight excluding hydrogens is 536 g/mol. The van der Waals surface area contributed by atoms with E-state index < -0.39 is 0 Å². The largest absolute Gasteiger partial charge is 0.379 e. The van der Waals surface area contributed by atoms with Crippen LogP contribution in [0.3, 0.4) is 0 Å². The number of rotatable bonds is 37. The van der Waals surface area contributed by atoms with E-state index in [0.29, 0.717) is 5.92 Å². The minimum Gasteiger partial charge on any atom is -0.379 e. The Hall–Kier alpha value is -0.600. The molecule has 0 saturated carbocycles. The highest BCUT2D eigenvalue weighted by molar-refractivity contribution is 4.82. The molecule has 1 atom stereocenters. The molecule has 0 spiro atoms. The fourth-order valence-corrected chi connectivity index (χ4v) is 5.98. The molecule has 0 aromatic carbocycles. The highest BCUT2D eigenvalue weighted by Crippen LogP contribution is 2.14. The van der Waals surface area contributed by atoms with Crippen molar-refractivity contribution < 1.29 is 9.47 Å². The summed E-state index contributed by atoms with van der Waals surface area (Å²) in [6.45, 7) is 11.7. The predicted molar refractivity (Wildman–Crippen MR) is 199 cm³/mol. The van der Waals surface area contributed by atoms with Crippen LogP contribution >= 0.6 is 0 Å². The number of allylic oxidation sites excluding steroid dienone is 4. The Bertz CT molecular complexity index is 566. The van der Waals surface area contributed by atoms with Gasteiger partial charge in [0.1, 0.15) is 0 Å². The summed E-state index contributed by atoms with van der Waals surface area (Å²) in [6, 6.07) is 0. The molecule has 0 aliphatic carbocycles. The third-order valence-corrected chi connectivity index (χ3v) is 8.85. The molecule has 0 amide bonds. The van der Waals surface area contributed by atoms with Gasteiger partial charge in [-0.05, 0) is 76.5 Å². The first-order valence-corrected chi connectivity index (χ1v) is 20.2. The van der Waals surface area contributed by atoms with Crippen LogP contribution in [-0.4, -0.2) is 25.9 Å². The monoisotopic (exact) mass is 619 g/mol. The highest BCUT2D eigenvalue weighted by atomic mass is 16.5. The normalized spacial score (nSPS) is 12.8. The second-order valence-corrected chi connectivity index (χ2v) is 14.1. The molecule has 0 radical (unpaired) electrons. The van der Waals surface area contributed by atoms with Crippen LogP contribution in [0.1, 0.15) is 214 Å². The average molecular weight is 619 g/mol. The van der Waals surface area contributed by atoms with Crippen molar-refractivity contribution in [2.24, 2.45) is 5.92 Å². The average Bonchev–Trinajstić information content (AvgIpc) is 3.01. The Morgan fingerprint density at radius 3 is 1.14 bits per heavy atom. The zero-order valence-corrected chi connectivity index (χ0v) is 30.9. The van der Waals surface area contributed by atoms with E-state index in [1.54, 1.807) is 0 Å². The van der Waals surface area contributed by atoms with Gasteiger partial charge in [-0.1, -0.05) is 168 Å². The van der Waals surface area contributed by atoms with E-state index in [1.165, 1.54) is 180 Å². The number of unbranched alkanes of at least 4 members (excludes halogenated alkanes) is 24. The van der Waals surface area contributed by atoms with Gasteiger partial charge >= 0.3 is 0 Å². The van der Waals surface area contributed by atoms with Gasteiger partial charge in [0.15, 0.2) is 0 Å². The van der Waals surface area contributed by atoms with Crippen LogP contribution < -0.4 is 0 Å². The highest BCUT2D eigenvalue weighted by Gasteiger charge is 2.11. The van der Waals surface area contributed by atoms with Crippen LogP contribution in [0.15, 0.2) is 24.3 Å². The van der Waals surface area contributed by atoms with Gasteiger partial charge < -0.3 is 9.47 Å². The molecule has 2 nitrogen and oxygen atoms in total. The van der Waals surface area contributed by atoms with Crippen molar-refractivity contribution in [3.8, 4) is 0 Å². The molecule has 44 heavy (non-hydrogen) atoms. The first-order valence-electron chi connectivity index (χ1n) is 20.2. The molecule has 0 aliphatic rings. The lowest BCUT2D eigenvalue weighted by atomic mass is 10.1. The fourth-order valence-electron chi connectivity index (χ4n) is 5.98. The molecule has 0 bridgehead atoms. The van der Waals surface area contributed by atoms with Crippen LogP contribution in [0.25, 0.3) is 0 Å². The van der Waals surface area contributed by atoms with Gasteiger partial charge in [0.05, 0.1) is 12.7 Å². The number of ether oxygens (including phenoxy) is 2. The lowest BCUT2D eigenvalue weighted by Gasteiger charge is -2.20. The molecule has 0 saturated heterocycles. The summed E-state index contributed by atoms with van der Waals surface area (Å²) in [6.07, 6.45) is 48.9. The Morgan fingerprint density at radius 1 is 0.409 bits per heavy atom. The predicted octanol–water partition coefficient (Wildman–Crippen LogP) is 14.5. The number of hydrogen-bond acceptors (Lipinski definition) is 2. The maximum Gasteiger partial charge on any atom is 0.0810 e. The molecule has 0 aliphatic heterocycles. The first kappa shape index (κ1) is 43.4. The molecule has 2 heteroatoms. The minimum atomic E-state index is 0.271. The van der Waals surface area contributed by atoms with Crippen molar-refractivity contribution in [3.05, 3.63) is 24.3 Å². The number of hydrogen-bond donors (Lipinski definition) is 0. The zero-order valence-electron chi connectivity index (χ0n) is 30.9. The van der Waals surface area contributed by atoms with E-state index in [0.717, 1.165) is 26.2 Å². The molecule has 0 fully saturated rings. The first-order chi connectivity index (χ1) is 21.7. The van der Waals surface area contributed by atoms with Crippen LogP contribution in [0.2, 0.25) is 0 Å². The summed E-state index contributed by atoms with van der Waals surface area (Å²) in [5.41, 5.74) is 0. The topological polar surface area (TPSA) is 18.5 Å². The van der Waals surface area contributed by atoms with Crippen molar-refractivity contribution in [3.63, 3.8) is 0 Å². The van der Waals surface area contributed by atoms with Gasteiger partial charge in [-0.15, -0.1) is 0 Å². The summed E-state index contributed by atoms with van der Waals surface area (Å²) >= 11 is 0. The summed E-state index contributed by atoms with van der Waals surface area (Å²) < 4.78 is 12.3. The van der Waals surface area contributed by atoms with Crippen molar-refractivity contribution in [2.75, 3.05) is 19.8 Å². The van der Waals surface area contributed by atoms with Gasteiger partial charge in [0, 0.05) is 13.2 Å². The van der Waals surface area contributed by atoms with Crippen molar-refractivity contribution in [2.45, 2.75) is 220 Å². The van der Waals surface area contributed by atoms with E-state index in [2.05, 4.69) is 52.0 Å². The molecule has 0 aromatic heterocycles. The maximum atomic E-state index is 6.27. The van der Waals surface area contributed by atoms with Crippen LogP contribution in [-0.2, 0) is 9.47 Å². The molecular formula is C42H82O2. The van der Waals surface area contributed by atoms with E-state index >= 15 is 0 Å². The fraction of sp³-hybridized carbons (Fsp3) is 0.905. The van der Waals surface area contributed by atoms with Crippen LogP contribution in [0, 0.1) is 5.92 Å². The second-order valence-electron chi connectivity index (χ2n) is 14.1. The van der Waals surface area contributed by atoms with Crippen LogP contribution in [0.5, 0.6) is 0 Å². The summed E-state index contributed by atoms with van der Waals surface area (Å²) in [5.74, 6) is 0.661. The Morgan fingerprint density at radius 2 is 0.750 bits per heavy atom. The summed E-state index contributed by atoms with van der Waals surface area (Å²) in [7, 11) is 0. The summed E-state index contributed by atoms with van der Waals surface area (Å²) in [4.78, 5) is 0. The van der Waals surface area contributed by atoms with Crippen LogP contribution in [0.4, 0.5) is 0 Å². The summed E-state index contributed by atoms with van der Waals surface area (Å²) in [5, 5.41) is 0.